The van der Waals surface area contributed by atoms with Crippen LogP contribution in [0.4, 0.5) is 0 Å². The van der Waals surface area contributed by atoms with Crippen molar-refractivity contribution in [2.75, 3.05) is 20.8 Å². The molecular formula is C8H11NO5. The van der Waals surface area contributed by atoms with Crippen molar-refractivity contribution in [2.24, 2.45) is 0 Å². The zero-order valence-electron chi connectivity index (χ0n) is 7.90. The molecule has 0 fully saturated rings. The molecule has 0 aromatic heterocycles. The fourth-order valence-corrected chi connectivity index (χ4v) is 0.502. The first-order valence-electron chi connectivity index (χ1n) is 3.70. The molecule has 6 heteroatoms. The third kappa shape index (κ3) is 5.76. The van der Waals surface area contributed by atoms with Crippen LogP contribution in [0.15, 0.2) is 12.2 Å². The maximum absolute atomic E-state index is 10.9. The Kier molecular flexibility index (Phi) is 5.77. The van der Waals surface area contributed by atoms with E-state index in [9.17, 15) is 14.4 Å². The normalized spacial score (nSPS) is 9.57. The molecule has 6 nitrogen and oxygen atoms in total. The molecule has 78 valence electrons. The molecule has 0 saturated heterocycles. The molecule has 1 N–H and O–H groups in total. The van der Waals surface area contributed by atoms with E-state index in [2.05, 4.69) is 14.8 Å². The lowest BCUT2D eigenvalue weighted by atomic mass is 10.4. The lowest BCUT2D eigenvalue weighted by Gasteiger charge is -1.98. The van der Waals surface area contributed by atoms with Gasteiger partial charge in [0, 0.05) is 12.2 Å². The summed E-state index contributed by atoms with van der Waals surface area (Å²) >= 11 is 0. The highest BCUT2D eigenvalue weighted by atomic mass is 16.5. The highest BCUT2D eigenvalue weighted by molar-refractivity contribution is 5.95. The third-order valence-electron chi connectivity index (χ3n) is 1.21. The first kappa shape index (κ1) is 12.2. The molecule has 0 aromatic carbocycles. The first-order chi connectivity index (χ1) is 6.60. The minimum absolute atomic E-state index is 0.235. The number of ether oxygens (including phenoxy) is 2. The molecule has 0 saturated carbocycles. The van der Waals surface area contributed by atoms with Crippen LogP contribution >= 0.6 is 0 Å². The molecule has 0 aliphatic rings. The number of amides is 1. The van der Waals surface area contributed by atoms with Gasteiger partial charge < -0.3 is 14.8 Å². The zero-order chi connectivity index (χ0) is 11.0. The fourth-order valence-electron chi connectivity index (χ4n) is 0.502. The van der Waals surface area contributed by atoms with E-state index in [1.165, 1.54) is 14.2 Å². The van der Waals surface area contributed by atoms with E-state index >= 15 is 0 Å². The number of rotatable bonds is 4. The fraction of sp³-hybridized carbons (Fsp3) is 0.375. The number of hydrogen-bond acceptors (Lipinski definition) is 5. The Hall–Kier alpha value is -1.85. The molecule has 0 bridgehead atoms. The average molecular weight is 201 g/mol. The van der Waals surface area contributed by atoms with E-state index < -0.39 is 17.8 Å². The molecule has 0 heterocycles. The average Bonchev–Trinajstić information content (AvgIpc) is 2.22. The molecular weight excluding hydrogens is 190 g/mol. The van der Waals surface area contributed by atoms with Crippen molar-refractivity contribution < 1.29 is 23.9 Å². The SMILES string of the molecule is COC(=O)C=CC(=O)NCC(=O)OC. The predicted octanol–water partition coefficient (Wildman–Crippen LogP) is -0.995. The highest BCUT2D eigenvalue weighted by Gasteiger charge is 2.02. The molecule has 14 heavy (non-hydrogen) atoms. The molecule has 0 aliphatic carbocycles. The molecule has 0 radical (unpaired) electrons. The quantitative estimate of drug-likeness (QED) is 0.466. The van der Waals surface area contributed by atoms with Crippen molar-refractivity contribution in [1.82, 2.24) is 5.32 Å². The van der Waals surface area contributed by atoms with E-state index in [1.807, 2.05) is 0 Å². The lowest BCUT2D eigenvalue weighted by Crippen LogP contribution is -2.28. The van der Waals surface area contributed by atoms with Crippen LogP contribution in [0.25, 0.3) is 0 Å². The van der Waals surface area contributed by atoms with Crippen molar-refractivity contribution in [3.63, 3.8) is 0 Å². The molecule has 0 rings (SSSR count). The smallest absolute Gasteiger partial charge is 0.330 e. The number of nitrogens with one attached hydrogen (secondary N) is 1. The van der Waals surface area contributed by atoms with Gasteiger partial charge in [0.1, 0.15) is 6.54 Å². The van der Waals surface area contributed by atoms with Crippen molar-refractivity contribution in [3.05, 3.63) is 12.2 Å². The van der Waals surface area contributed by atoms with Gasteiger partial charge in [0.15, 0.2) is 0 Å². The van der Waals surface area contributed by atoms with E-state index in [0.717, 1.165) is 12.2 Å². The van der Waals surface area contributed by atoms with Crippen LogP contribution in [0, 0.1) is 0 Å². The summed E-state index contributed by atoms with van der Waals surface area (Å²) in [6.45, 7) is -0.235. The Labute approximate surface area is 80.9 Å². The Morgan fingerprint density at radius 1 is 1.14 bits per heavy atom. The van der Waals surface area contributed by atoms with Gasteiger partial charge in [0.05, 0.1) is 14.2 Å². The van der Waals surface area contributed by atoms with Crippen LogP contribution in [0.1, 0.15) is 0 Å². The number of esters is 2. The minimum Gasteiger partial charge on any atom is -0.468 e. The van der Waals surface area contributed by atoms with Gasteiger partial charge in [-0.2, -0.15) is 0 Å². The molecule has 0 aromatic rings. The Morgan fingerprint density at radius 3 is 2.29 bits per heavy atom. The largest absolute Gasteiger partial charge is 0.468 e. The molecule has 0 spiro atoms. The van der Waals surface area contributed by atoms with Gasteiger partial charge in [0.2, 0.25) is 5.91 Å². The Bertz CT molecular complexity index is 258. The van der Waals surface area contributed by atoms with Gasteiger partial charge in [-0.1, -0.05) is 0 Å². The lowest BCUT2D eigenvalue weighted by molar-refractivity contribution is -0.140. The summed E-state index contributed by atoms with van der Waals surface area (Å²) in [4.78, 5) is 32.0. The standard InChI is InChI=1S/C8H11NO5/c1-13-7(11)4-3-6(10)9-5-8(12)14-2/h3-4H,5H2,1-2H3,(H,9,10). The number of carbonyl (C=O) groups is 3. The molecule has 0 atom stereocenters. The van der Waals surface area contributed by atoms with E-state index in [1.54, 1.807) is 0 Å². The highest BCUT2D eigenvalue weighted by Crippen LogP contribution is 1.79. The van der Waals surface area contributed by atoms with Crippen LogP contribution < -0.4 is 5.32 Å². The number of methoxy groups -OCH3 is 2. The summed E-state index contributed by atoms with van der Waals surface area (Å²) in [7, 11) is 2.40. The molecule has 0 unspecified atom stereocenters. The molecule has 1 amide bonds. The van der Waals surface area contributed by atoms with Crippen LogP contribution in [0.3, 0.4) is 0 Å². The van der Waals surface area contributed by atoms with Crippen LogP contribution in [-0.2, 0) is 23.9 Å². The van der Waals surface area contributed by atoms with Crippen molar-refractivity contribution in [2.45, 2.75) is 0 Å². The van der Waals surface area contributed by atoms with Gasteiger partial charge in [-0.05, 0) is 0 Å². The number of hydrogen-bond donors (Lipinski definition) is 1. The van der Waals surface area contributed by atoms with Crippen molar-refractivity contribution in [3.8, 4) is 0 Å². The van der Waals surface area contributed by atoms with E-state index in [4.69, 9.17) is 0 Å². The van der Waals surface area contributed by atoms with Crippen LogP contribution in [0.5, 0.6) is 0 Å². The van der Waals surface area contributed by atoms with Gasteiger partial charge >= 0.3 is 11.9 Å². The Morgan fingerprint density at radius 2 is 1.79 bits per heavy atom. The monoisotopic (exact) mass is 201 g/mol. The summed E-state index contributed by atoms with van der Waals surface area (Å²) in [5.41, 5.74) is 0. The summed E-state index contributed by atoms with van der Waals surface area (Å²) in [6.07, 6.45) is 1.92. The number of carbonyl (C=O) groups excluding carboxylic acids is 3. The van der Waals surface area contributed by atoms with Gasteiger partial charge in [0.25, 0.3) is 0 Å². The van der Waals surface area contributed by atoms with E-state index in [0.29, 0.717) is 0 Å². The van der Waals surface area contributed by atoms with Crippen LogP contribution in [0.2, 0.25) is 0 Å². The maximum Gasteiger partial charge on any atom is 0.330 e. The first-order valence-corrected chi connectivity index (χ1v) is 3.70. The minimum atomic E-state index is -0.641. The zero-order valence-corrected chi connectivity index (χ0v) is 7.90. The summed E-state index contributed by atoms with van der Waals surface area (Å²) in [5.74, 6) is -1.77. The topological polar surface area (TPSA) is 81.7 Å². The van der Waals surface area contributed by atoms with Crippen molar-refractivity contribution >= 4 is 17.8 Å². The second-order valence-corrected chi connectivity index (χ2v) is 2.15. The second-order valence-electron chi connectivity index (χ2n) is 2.15. The summed E-state index contributed by atoms with van der Waals surface area (Å²) in [5, 5.41) is 2.20. The van der Waals surface area contributed by atoms with Gasteiger partial charge in [-0.25, -0.2) is 4.79 Å². The third-order valence-corrected chi connectivity index (χ3v) is 1.21. The van der Waals surface area contributed by atoms with Crippen molar-refractivity contribution in [1.29, 1.82) is 0 Å². The van der Waals surface area contributed by atoms with Crippen LogP contribution in [-0.4, -0.2) is 38.6 Å². The summed E-state index contributed by atoms with van der Waals surface area (Å²) in [6, 6.07) is 0. The second kappa shape index (κ2) is 6.64. The van der Waals surface area contributed by atoms with Gasteiger partial charge in [-0.3, -0.25) is 9.59 Å². The maximum atomic E-state index is 10.9. The van der Waals surface area contributed by atoms with Gasteiger partial charge in [-0.15, -0.1) is 0 Å². The molecule has 0 aliphatic heterocycles. The summed E-state index contributed by atoms with van der Waals surface area (Å²) < 4.78 is 8.53. The predicted molar refractivity (Wildman–Crippen MR) is 46.2 cm³/mol. The Balaban J connectivity index is 3.81. The van der Waals surface area contributed by atoms with E-state index in [-0.39, 0.29) is 6.54 Å².